The third-order valence-electron chi connectivity index (χ3n) is 4.93. The molecule has 0 aliphatic rings. The largest absolute Gasteiger partial charge is 0.465 e. The van der Waals surface area contributed by atoms with E-state index in [1.165, 1.54) is 12.1 Å². The Morgan fingerprint density at radius 3 is 2.61 bits per heavy atom. The Balaban J connectivity index is 1.35. The van der Waals surface area contributed by atoms with Crippen molar-refractivity contribution in [2.75, 3.05) is 32.9 Å². The van der Waals surface area contributed by atoms with E-state index in [1.54, 1.807) is 19.1 Å². The summed E-state index contributed by atoms with van der Waals surface area (Å²) >= 11 is 0. The van der Waals surface area contributed by atoms with Crippen LogP contribution >= 0.6 is 0 Å². The molecule has 0 saturated carbocycles. The standard InChI is InChI=1S/C25H29FN2O5/c1-2-32-25(30)16-28-24(29)17-31-12-11-27-15-19-3-7-20-14-22(33-23(20)13-19)10-6-18-4-8-21(26)9-5-18/h3-5,7-9,13-14,27H,2,6,10-12,15-17H2,1H3,(H,28,29). The Hall–Kier alpha value is -3.23. The lowest BCUT2D eigenvalue weighted by Gasteiger charge is -2.07. The average molecular weight is 457 g/mol. The van der Waals surface area contributed by atoms with Gasteiger partial charge in [0, 0.05) is 24.9 Å². The van der Waals surface area contributed by atoms with Crippen molar-refractivity contribution in [2.24, 2.45) is 0 Å². The number of halogens is 1. The second kappa shape index (κ2) is 12.7. The summed E-state index contributed by atoms with van der Waals surface area (Å²) in [5.41, 5.74) is 2.98. The van der Waals surface area contributed by atoms with Crippen LogP contribution in [0.4, 0.5) is 4.39 Å². The molecule has 1 amide bonds. The fourth-order valence-corrected chi connectivity index (χ4v) is 3.26. The van der Waals surface area contributed by atoms with Crippen molar-refractivity contribution in [1.82, 2.24) is 10.6 Å². The predicted octanol–water partition coefficient (Wildman–Crippen LogP) is 3.14. The van der Waals surface area contributed by atoms with Crippen molar-refractivity contribution >= 4 is 22.8 Å². The smallest absolute Gasteiger partial charge is 0.325 e. The fraction of sp³-hybridized carbons (Fsp3) is 0.360. The fourth-order valence-electron chi connectivity index (χ4n) is 3.26. The zero-order chi connectivity index (χ0) is 23.5. The van der Waals surface area contributed by atoms with E-state index in [0.29, 0.717) is 19.7 Å². The van der Waals surface area contributed by atoms with Crippen LogP contribution in [0, 0.1) is 5.82 Å². The zero-order valence-corrected chi connectivity index (χ0v) is 18.7. The molecule has 0 radical (unpaired) electrons. The highest BCUT2D eigenvalue weighted by molar-refractivity contribution is 5.82. The molecule has 1 heterocycles. The maximum Gasteiger partial charge on any atom is 0.325 e. The van der Waals surface area contributed by atoms with E-state index in [0.717, 1.165) is 40.7 Å². The Labute approximate surface area is 192 Å². The van der Waals surface area contributed by atoms with E-state index < -0.39 is 5.97 Å². The van der Waals surface area contributed by atoms with Gasteiger partial charge >= 0.3 is 5.97 Å². The number of rotatable bonds is 13. The van der Waals surface area contributed by atoms with Crippen molar-refractivity contribution in [3.8, 4) is 0 Å². The summed E-state index contributed by atoms with van der Waals surface area (Å²) in [4.78, 5) is 22.8. The highest BCUT2D eigenvalue weighted by Crippen LogP contribution is 2.22. The number of hydrogen-bond acceptors (Lipinski definition) is 6. The molecule has 0 bridgehead atoms. The van der Waals surface area contributed by atoms with Crippen molar-refractivity contribution in [3.05, 3.63) is 71.2 Å². The SMILES string of the molecule is CCOC(=O)CNC(=O)COCCNCc1ccc2cc(CCc3ccc(F)cc3)oc2c1. The molecule has 176 valence electrons. The molecular formula is C25H29FN2O5. The molecule has 0 saturated heterocycles. The third-order valence-corrected chi connectivity index (χ3v) is 4.93. The lowest BCUT2D eigenvalue weighted by atomic mass is 10.1. The number of aryl methyl sites for hydroxylation is 2. The molecule has 33 heavy (non-hydrogen) atoms. The minimum absolute atomic E-state index is 0.111. The predicted molar refractivity (Wildman–Crippen MR) is 122 cm³/mol. The average Bonchev–Trinajstić information content (AvgIpc) is 3.22. The highest BCUT2D eigenvalue weighted by atomic mass is 19.1. The molecule has 0 aliphatic heterocycles. The molecule has 7 nitrogen and oxygen atoms in total. The first-order valence-corrected chi connectivity index (χ1v) is 11.0. The lowest BCUT2D eigenvalue weighted by Crippen LogP contribution is -2.34. The van der Waals surface area contributed by atoms with Gasteiger partial charge in [-0.3, -0.25) is 9.59 Å². The van der Waals surface area contributed by atoms with Crippen LogP contribution in [0.1, 0.15) is 23.8 Å². The van der Waals surface area contributed by atoms with Gasteiger partial charge in [0.05, 0.1) is 13.2 Å². The van der Waals surface area contributed by atoms with Gasteiger partial charge in [-0.2, -0.15) is 0 Å². The number of ether oxygens (including phenoxy) is 2. The summed E-state index contributed by atoms with van der Waals surface area (Å²) in [6, 6.07) is 14.6. The van der Waals surface area contributed by atoms with Crippen molar-refractivity contribution in [2.45, 2.75) is 26.3 Å². The Bertz CT molecular complexity index is 1050. The minimum atomic E-state index is -0.471. The summed E-state index contributed by atoms with van der Waals surface area (Å²) in [6.07, 6.45) is 1.54. The molecule has 8 heteroatoms. The Morgan fingerprint density at radius 1 is 1.03 bits per heavy atom. The van der Waals surface area contributed by atoms with E-state index >= 15 is 0 Å². The number of carbonyl (C=O) groups is 2. The van der Waals surface area contributed by atoms with Crippen LogP contribution in [0.25, 0.3) is 11.0 Å². The van der Waals surface area contributed by atoms with E-state index in [1.807, 2.05) is 24.3 Å². The summed E-state index contributed by atoms with van der Waals surface area (Å²) in [5.74, 6) is -0.164. The molecule has 3 aromatic rings. The number of esters is 1. The maximum atomic E-state index is 13.0. The van der Waals surface area contributed by atoms with Gasteiger partial charge in [0.25, 0.3) is 0 Å². The second-order valence-corrected chi connectivity index (χ2v) is 7.52. The van der Waals surface area contributed by atoms with E-state index in [2.05, 4.69) is 10.6 Å². The van der Waals surface area contributed by atoms with Crippen LogP contribution in [-0.4, -0.2) is 44.8 Å². The second-order valence-electron chi connectivity index (χ2n) is 7.52. The number of carbonyl (C=O) groups excluding carboxylic acids is 2. The molecule has 0 fully saturated rings. The van der Waals surface area contributed by atoms with Crippen molar-refractivity contribution in [1.29, 1.82) is 0 Å². The van der Waals surface area contributed by atoms with E-state index in [-0.39, 0.29) is 31.5 Å². The van der Waals surface area contributed by atoms with Gasteiger partial charge in [-0.1, -0.05) is 24.3 Å². The number of furan rings is 1. The quantitative estimate of drug-likeness (QED) is 0.303. The summed E-state index contributed by atoms with van der Waals surface area (Å²) in [6.45, 7) is 3.30. The summed E-state index contributed by atoms with van der Waals surface area (Å²) in [7, 11) is 0. The van der Waals surface area contributed by atoms with Gasteiger partial charge < -0.3 is 24.5 Å². The molecule has 0 spiro atoms. The normalized spacial score (nSPS) is 11.0. The first-order chi connectivity index (χ1) is 16.0. The topological polar surface area (TPSA) is 89.8 Å². The zero-order valence-electron chi connectivity index (χ0n) is 18.7. The van der Waals surface area contributed by atoms with Gasteiger partial charge in [0.15, 0.2) is 0 Å². The van der Waals surface area contributed by atoms with Crippen LogP contribution in [0.15, 0.2) is 52.9 Å². The van der Waals surface area contributed by atoms with Gasteiger partial charge in [-0.05, 0) is 48.7 Å². The Morgan fingerprint density at radius 2 is 1.82 bits per heavy atom. The molecule has 2 aromatic carbocycles. The van der Waals surface area contributed by atoms with Gasteiger partial charge in [0.1, 0.15) is 30.3 Å². The van der Waals surface area contributed by atoms with Crippen LogP contribution in [0.2, 0.25) is 0 Å². The van der Waals surface area contributed by atoms with Crippen molar-refractivity contribution in [3.63, 3.8) is 0 Å². The molecular weight excluding hydrogens is 427 g/mol. The maximum absolute atomic E-state index is 13.0. The van der Waals surface area contributed by atoms with Gasteiger partial charge in [-0.15, -0.1) is 0 Å². The number of fused-ring (bicyclic) bond motifs is 1. The number of amides is 1. The molecule has 1 aromatic heterocycles. The summed E-state index contributed by atoms with van der Waals surface area (Å²) in [5, 5.41) is 6.75. The van der Waals surface area contributed by atoms with Crippen LogP contribution in [-0.2, 0) is 38.4 Å². The summed E-state index contributed by atoms with van der Waals surface area (Å²) < 4.78 is 29.0. The number of nitrogens with one attached hydrogen (secondary N) is 2. The monoisotopic (exact) mass is 456 g/mol. The van der Waals surface area contributed by atoms with Crippen LogP contribution in [0.3, 0.4) is 0 Å². The molecule has 3 rings (SSSR count). The minimum Gasteiger partial charge on any atom is -0.465 e. The van der Waals surface area contributed by atoms with Crippen LogP contribution in [0.5, 0.6) is 0 Å². The molecule has 0 aliphatic carbocycles. The van der Waals surface area contributed by atoms with Gasteiger partial charge in [0.2, 0.25) is 5.91 Å². The number of hydrogen-bond donors (Lipinski definition) is 2. The van der Waals surface area contributed by atoms with E-state index in [9.17, 15) is 14.0 Å². The lowest BCUT2D eigenvalue weighted by molar-refractivity contribution is -0.143. The van der Waals surface area contributed by atoms with Crippen LogP contribution < -0.4 is 10.6 Å². The molecule has 0 atom stereocenters. The van der Waals surface area contributed by atoms with Gasteiger partial charge in [-0.25, -0.2) is 4.39 Å². The van der Waals surface area contributed by atoms with Crippen molar-refractivity contribution < 1.29 is 27.9 Å². The first-order valence-electron chi connectivity index (χ1n) is 11.0. The Kier molecular flexibility index (Phi) is 9.41. The highest BCUT2D eigenvalue weighted by Gasteiger charge is 2.07. The van der Waals surface area contributed by atoms with E-state index in [4.69, 9.17) is 13.9 Å². The first kappa shape index (κ1) is 24.4. The third kappa shape index (κ3) is 8.32. The molecule has 2 N–H and O–H groups in total. The molecule has 0 unspecified atom stereocenters. The number of benzene rings is 2.